The van der Waals surface area contributed by atoms with Gasteiger partial charge in [0.05, 0.1) is 56.4 Å². The number of aryl methyl sites for hydroxylation is 1. The number of hydrogen-bond donors (Lipinski definition) is 14. The Kier molecular flexibility index (Phi) is 34.7. The topological polar surface area (TPSA) is 380 Å². The van der Waals surface area contributed by atoms with Crippen molar-refractivity contribution >= 4 is 93.7 Å². The molecule has 0 bridgehead atoms. The molecule has 2 aliphatic heterocycles. The number of aldehydes is 1. The van der Waals surface area contributed by atoms with E-state index in [1.54, 1.807) is 52.1 Å². The van der Waals surface area contributed by atoms with E-state index < -0.39 is 140 Å². The fourth-order valence-corrected chi connectivity index (χ4v) is 9.59. The maximum Gasteiger partial charge on any atom is 0.246 e. The highest BCUT2D eigenvalue weighted by Crippen LogP contribution is 2.29. The first-order valence-electron chi connectivity index (χ1n) is 29.4. The van der Waals surface area contributed by atoms with Gasteiger partial charge in [-0.2, -0.15) is 0 Å². The standard InChI is InChI=1S/C50H70N12O12S.C4H9NO.C3H8.C2H6/c1-7-26(2)42-47(72)55-23-40(67)57-35(25-75-49-27(3)32-11-8-9-12-33(32)59-49)45(70)58-34(19-38(65)52-20-30-14-16-31(17-15-30)56-44(69)29(5)51-6)50(74)62-18-10-13-36(62)46(71)61-43(28(4)37(64)24-63)48(73)54-21-39(66)53-22-41(68)60-42;1-2-5-3-4-6;1-3-2;1-2/h8-9,11-12,14-17,26,28-29,34-37,42-43,51,59,63-64H,7,10,13,18-25H2,1-6H3,(H,52,65)(H,53,66)(H,54,73)(H,55,72)(H,56,69)(H,57,67)(H,58,70)(H,60,68)(H,61,71);4-5H,2-3H2,1H3;3H2,1-2H3;1-2H3/t26?,28-,29?,34?,35-,36?,37?,42?,43?;;;/m0.../s1. The minimum absolute atomic E-state index is 0.0205. The summed E-state index contributed by atoms with van der Waals surface area (Å²) in [4.78, 5) is 151. The van der Waals surface area contributed by atoms with Gasteiger partial charge >= 0.3 is 0 Å². The lowest BCUT2D eigenvalue weighted by molar-refractivity contribution is -0.144. The van der Waals surface area contributed by atoms with Gasteiger partial charge in [-0.3, -0.25) is 47.9 Å². The number of anilines is 1. The number of nitrogens with one attached hydrogen (secondary N) is 12. The molecule has 0 radical (unpaired) electrons. The smallest absolute Gasteiger partial charge is 0.246 e. The Morgan fingerprint density at radius 2 is 1.40 bits per heavy atom. The largest absolute Gasteiger partial charge is 0.394 e. The Labute approximate surface area is 508 Å². The van der Waals surface area contributed by atoms with E-state index in [1.807, 2.05) is 52.0 Å². The minimum Gasteiger partial charge on any atom is -0.394 e. The van der Waals surface area contributed by atoms with E-state index in [0.717, 1.165) is 34.2 Å². The number of carbonyl (C=O) groups excluding carboxylic acids is 11. The average molecular weight is 1220 g/mol. The lowest BCUT2D eigenvalue weighted by atomic mass is 9.94. The molecule has 9 atom stereocenters. The van der Waals surface area contributed by atoms with Crippen LogP contribution in [0, 0.1) is 18.8 Å². The van der Waals surface area contributed by atoms with Crippen molar-refractivity contribution in [2.75, 3.05) is 64.0 Å². The van der Waals surface area contributed by atoms with E-state index in [1.165, 1.54) is 25.1 Å². The molecule has 10 amide bonds. The van der Waals surface area contributed by atoms with Gasteiger partial charge in [-0.25, -0.2) is 0 Å². The normalized spacial score (nSPS) is 20.6. The zero-order chi connectivity index (χ0) is 64.5. The van der Waals surface area contributed by atoms with Crippen molar-refractivity contribution in [3.05, 3.63) is 59.7 Å². The van der Waals surface area contributed by atoms with E-state index in [2.05, 4.69) is 77.3 Å². The van der Waals surface area contributed by atoms with Crippen molar-refractivity contribution in [2.24, 2.45) is 11.8 Å². The van der Waals surface area contributed by atoms with Crippen LogP contribution in [-0.2, 0) is 59.3 Å². The maximum absolute atomic E-state index is 14.8. The van der Waals surface area contributed by atoms with Gasteiger partial charge in [0.15, 0.2) is 0 Å². The average Bonchev–Trinajstić information content (AvgIpc) is 3.18. The number of fused-ring (bicyclic) bond motifs is 2. The van der Waals surface area contributed by atoms with E-state index in [-0.39, 0.29) is 37.6 Å². The summed E-state index contributed by atoms with van der Waals surface area (Å²) in [5.74, 6) is -9.36. The lowest BCUT2D eigenvalue weighted by Crippen LogP contribution is -2.60. The second kappa shape index (κ2) is 40.0. The predicted molar refractivity (Wildman–Crippen MR) is 329 cm³/mol. The van der Waals surface area contributed by atoms with E-state index in [9.17, 15) is 63.0 Å². The first kappa shape index (κ1) is 74.6. The Morgan fingerprint density at radius 3 is 1.99 bits per heavy atom. The number of hydrogen-bond acceptors (Lipinski definition) is 16. The summed E-state index contributed by atoms with van der Waals surface area (Å²) in [7, 11) is 1.65. The molecule has 0 spiro atoms. The Bertz CT molecular complexity index is 2690. The molecule has 2 aromatic carbocycles. The molecule has 7 unspecified atom stereocenters. The number of amides is 10. The third-order valence-electron chi connectivity index (χ3n) is 13.8. The molecule has 1 aromatic heterocycles. The van der Waals surface area contributed by atoms with Crippen LogP contribution in [0.3, 0.4) is 0 Å². The second-order valence-electron chi connectivity index (χ2n) is 20.4. The molecule has 27 heteroatoms. The van der Waals surface area contributed by atoms with Crippen LogP contribution in [0.25, 0.3) is 10.9 Å². The zero-order valence-electron chi connectivity index (χ0n) is 51.5. The van der Waals surface area contributed by atoms with Gasteiger partial charge in [0.2, 0.25) is 59.1 Å². The van der Waals surface area contributed by atoms with Crippen molar-refractivity contribution in [3.8, 4) is 0 Å². The molecule has 2 saturated heterocycles. The summed E-state index contributed by atoms with van der Waals surface area (Å²) in [6.45, 7) is 17.2. The molecule has 2 fully saturated rings. The first-order valence-corrected chi connectivity index (χ1v) is 30.4. The van der Waals surface area contributed by atoms with Crippen LogP contribution in [0.5, 0.6) is 0 Å². The number of carbonyl (C=O) groups is 11. The van der Waals surface area contributed by atoms with Gasteiger partial charge in [0.25, 0.3) is 0 Å². The summed E-state index contributed by atoms with van der Waals surface area (Å²) in [6.07, 6.45) is 0.696. The zero-order valence-corrected chi connectivity index (χ0v) is 52.3. The molecule has 2 aliphatic rings. The van der Waals surface area contributed by atoms with E-state index in [4.69, 9.17) is 0 Å². The maximum atomic E-state index is 14.8. The fraction of sp³-hybridized carbons (Fsp3) is 0.576. The molecule has 86 heavy (non-hydrogen) atoms. The number of aromatic nitrogens is 1. The van der Waals surface area contributed by atoms with Gasteiger partial charge in [-0.15, -0.1) is 11.8 Å². The summed E-state index contributed by atoms with van der Waals surface area (Å²) in [5, 5.41) is 50.9. The molecule has 0 saturated carbocycles. The van der Waals surface area contributed by atoms with Crippen LogP contribution < -0.4 is 58.5 Å². The molecule has 3 aromatic rings. The van der Waals surface area contributed by atoms with Crippen LogP contribution in [0.2, 0.25) is 0 Å². The van der Waals surface area contributed by atoms with Crippen LogP contribution in [0.1, 0.15) is 106 Å². The lowest BCUT2D eigenvalue weighted by Gasteiger charge is -2.32. The first-order chi connectivity index (χ1) is 41.1. The molecule has 3 heterocycles. The fourth-order valence-electron chi connectivity index (χ4n) is 8.52. The van der Waals surface area contributed by atoms with Gasteiger partial charge in [-0.05, 0) is 75.5 Å². The highest BCUT2D eigenvalue weighted by Gasteiger charge is 2.42. The summed E-state index contributed by atoms with van der Waals surface area (Å²) in [5.41, 5.74) is 2.82. The minimum atomic E-state index is -1.64. The predicted octanol–water partition coefficient (Wildman–Crippen LogP) is 0.386. The number of nitrogens with zero attached hydrogens (tertiary/aromatic N) is 1. The molecule has 26 nitrogen and oxygen atoms in total. The summed E-state index contributed by atoms with van der Waals surface area (Å²) < 4.78 is 0. The highest BCUT2D eigenvalue weighted by molar-refractivity contribution is 7.99. The van der Waals surface area contributed by atoms with Gasteiger partial charge in [0.1, 0.15) is 36.5 Å². The van der Waals surface area contributed by atoms with Crippen molar-refractivity contribution < 1.29 is 63.0 Å². The SMILES string of the molecule is CC.CCC.CCC(C)C1NC(=O)CNC(=O)CNC(=O)C([C@@H](C)C(O)CO)NC(=O)C2CCCN2C(=O)C(CC(=O)NCc2ccc(NC(=O)C(C)NC)cc2)NC(=O)[C@H](CSc2[nH]c3ccccc3c2C)NC(=O)CNC1=O.CCNCC=O. The Hall–Kier alpha value is -7.46. The molecule has 478 valence electrons. The van der Waals surface area contributed by atoms with Gasteiger partial charge < -0.3 is 83.4 Å². The number of benzene rings is 2. The van der Waals surface area contributed by atoms with Crippen molar-refractivity contribution in [1.82, 2.24) is 63.1 Å². The number of aromatic amines is 1. The van der Waals surface area contributed by atoms with Crippen LogP contribution >= 0.6 is 11.8 Å². The summed E-state index contributed by atoms with van der Waals surface area (Å²) >= 11 is 1.19. The third-order valence-corrected chi connectivity index (χ3v) is 15.0. The number of thioether (sulfide) groups is 1. The van der Waals surface area contributed by atoms with Crippen LogP contribution in [0.4, 0.5) is 5.69 Å². The molecule has 5 rings (SSSR count). The third kappa shape index (κ3) is 24.5. The molecular weight excluding hydrogens is 1130 g/mol. The van der Waals surface area contributed by atoms with Crippen LogP contribution in [-0.4, -0.2) is 186 Å². The summed E-state index contributed by atoms with van der Waals surface area (Å²) in [6, 6.07) is 6.67. The monoisotopic (exact) mass is 1220 g/mol. The number of likely N-dealkylation sites (N-methyl/N-ethyl adjacent to an activating group) is 2. The molecule has 0 aliphatic carbocycles. The number of H-pyrrole nitrogens is 1. The Morgan fingerprint density at radius 1 is 0.779 bits per heavy atom. The molecular formula is C59H93N13O13S. The number of para-hydroxylation sites is 1. The van der Waals surface area contributed by atoms with Crippen molar-refractivity contribution in [2.45, 2.75) is 155 Å². The Balaban J connectivity index is 0.00000211. The number of rotatable bonds is 18. The van der Waals surface area contributed by atoms with Crippen LogP contribution in [0.15, 0.2) is 53.6 Å². The van der Waals surface area contributed by atoms with E-state index in [0.29, 0.717) is 29.2 Å². The number of aliphatic hydroxyl groups is 2. The van der Waals surface area contributed by atoms with E-state index >= 15 is 0 Å². The second-order valence-corrected chi connectivity index (χ2v) is 21.4. The quantitative estimate of drug-likeness (QED) is 0.0465. The van der Waals surface area contributed by atoms with Crippen molar-refractivity contribution in [3.63, 3.8) is 0 Å². The van der Waals surface area contributed by atoms with Gasteiger partial charge in [-0.1, -0.05) is 98.6 Å². The van der Waals surface area contributed by atoms with Gasteiger partial charge in [0, 0.05) is 41.4 Å². The molecule has 14 N–H and O–H groups in total. The van der Waals surface area contributed by atoms with Crippen molar-refractivity contribution in [1.29, 1.82) is 0 Å². The number of aliphatic hydroxyl groups excluding tert-OH is 2. The highest BCUT2D eigenvalue weighted by atomic mass is 32.2.